The molecule has 1 atom stereocenters. The Morgan fingerprint density at radius 1 is 1.19 bits per heavy atom. The van der Waals surface area contributed by atoms with Crippen molar-refractivity contribution >= 4 is 28.1 Å². The highest BCUT2D eigenvalue weighted by molar-refractivity contribution is 7.86. The summed E-state index contributed by atoms with van der Waals surface area (Å²) in [5.41, 5.74) is 5.56. The third-order valence-electron chi connectivity index (χ3n) is 2.63. The lowest BCUT2D eigenvalue weighted by Gasteiger charge is -2.08. The van der Waals surface area contributed by atoms with Gasteiger partial charge < -0.3 is 11.1 Å². The number of rotatable bonds is 4. The van der Waals surface area contributed by atoms with Crippen LogP contribution in [0.15, 0.2) is 47.4 Å². The lowest BCUT2D eigenvalue weighted by molar-refractivity contribution is -0.113. The number of amides is 1. The number of nitrogens with one attached hydrogen (secondary N) is 1. The quantitative estimate of drug-likeness (QED) is 0.851. The molecule has 7 heteroatoms. The zero-order chi connectivity index (χ0) is 15.4. The average molecular weight is 310 g/mol. The zero-order valence-electron chi connectivity index (χ0n) is 10.8. The predicted molar refractivity (Wildman–Crippen MR) is 77.1 cm³/mol. The number of nitrogens with two attached hydrogens (primary N) is 1. The minimum atomic E-state index is -1.74. The van der Waals surface area contributed by atoms with Crippen LogP contribution in [0.5, 0.6) is 0 Å². The SMILES string of the molecule is Nc1cc(F)ccc1S(=O)CC(=O)Nc1ccccc1F. The van der Waals surface area contributed by atoms with Crippen molar-refractivity contribution in [2.45, 2.75) is 4.90 Å². The van der Waals surface area contributed by atoms with E-state index in [2.05, 4.69) is 5.32 Å². The molecule has 0 aliphatic carbocycles. The molecule has 0 aliphatic rings. The number of halogens is 2. The average Bonchev–Trinajstić information content (AvgIpc) is 2.41. The van der Waals surface area contributed by atoms with Crippen LogP contribution < -0.4 is 11.1 Å². The van der Waals surface area contributed by atoms with Gasteiger partial charge in [0.2, 0.25) is 5.91 Å². The maximum absolute atomic E-state index is 13.4. The minimum absolute atomic E-state index is 0.00609. The zero-order valence-corrected chi connectivity index (χ0v) is 11.6. The third-order valence-corrected chi connectivity index (χ3v) is 4.01. The van der Waals surface area contributed by atoms with Crippen molar-refractivity contribution in [3.63, 3.8) is 0 Å². The first-order chi connectivity index (χ1) is 9.97. The number of benzene rings is 2. The summed E-state index contributed by atoms with van der Waals surface area (Å²) >= 11 is 0. The minimum Gasteiger partial charge on any atom is -0.398 e. The van der Waals surface area contributed by atoms with Crippen LogP contribution in [-0.2, 0) is 15.6 Å². The fourth-order valence-corrected chi connectivity index (χ4v) is 2.68. The van der Waals surface area contributed by atoms with E-state index in [9.17, 15) is 17.8 Å². The normalized spacial score (nSPS) is 11.9. The van der Waals surface area contributed by atoms with E-state index in [1.165, 1.54) is 24.3 Å². The lowest BCUT2D eigenvalue weighted by Crippen LogP contribution is -2.20. The van der Waals surface area contributed by atoms with Crippen LogP contribution in [0.3, 0.4) is 0 Å². The summed E-state index contributed by atoms with van der Waals surface area (Å²) in [5, 5.41) is 2.32. The Morgan fingerprint density at radius 2 is 1.90 bits per heavy atom. The first-order valence-corrected chi connectivity index (χ1v) is 7.27. The van der Waals surface area contributed by atoms with Gasteiger partial charge in [0.05, 0.1) is 27.1 Å². The summed E-state index contributed by atoms with van der Waals surface area (Å²) in [5.74, 6) is -2.16. The Hall–Kier alpha value is -2.28. The van der Waals surface area contributed by atoms with Gasteiger partial charge >= 0.3 is 0 Å². The van der Waals surface area contributed by atoms with E-state index in [0.717, 1.165) is 12.1 Å². The summed E-state index contributed by atoms with van der Waals surface area (Å²) in [6.07, 6.45) is 0. The molecule has 0 heterocycles. The number of carbonyl (C=O) groups excluding carboxylic acids is 1. The maximum Gasteiger partial charge on any atom is 0.237 e. The summed E-state index contributed by atoms with van der Waals surface area (Å²) in [6, 6.07) is 9.04. The van der Waals surface area contributed by atoms with Crippen LogP contribution in [0, 0.1) is 11.6 Å². The molecule has 1 unspecified atom stereocenters. The van der Waals surface area contributed by atoms with Gasteiger partial charge in [0.1, 0.15) is 17.4 Å². The number of carbonyl (C=O) groups is 1. The summed E-state index contributed by atoms with van der Waals surface area (Å²) in [4.78, 5) is 11.9. The molecule has 21 heavy (non-hydrogen) atoms. The third kappa shape index (κ3) is 3.85. The van der Waals surface area contributed by atoms with Gasteiger partial charge in [-0.2, -0.15) is 0 Å². The van der Waals surface area contributed by atoms with Gasteiger partial charge in [0.25, 0.3) is 0 Å². The molecular formula is C14H12F2N2O2S. The Kier molecular flexibility index (Phi) is 4.64. The van der Waals surface area contributed by atoms with Gasteiger partial charge in [-0.25, -0.2) is 8.78 Å². The van der Waals surface area contributed by atoms with Crippen LogP contribution >= 0.6 is 0 Å². The van der Waals surface area contributed by atoms with E-state index in [-0.39, 0.29) is 16.3 Å². The van der Waals surface area contributed by atoms with E-state index >= 15 is 0 Å². The van der Waals surface area contributed by atoms with Gasteiger partial charge in [-0.1, -0.05) is 12.1 Å². The molecule has 0 spiro atoms. The lowest BCUT2D eigenvalue weighted by atomic mass is 10.3. The molecule has 110 valence electrons. The molecular weight excluding hydrogens is 298 g/mol. The topological polar surface area (TPSA) is 72.2 Å². The highest BCUT2D eigenvalue weighted by Gasteiger charge is 2.14. The van der Waals surface area contributed by atoms with Crippen LogP contribution in [-0.4, -0.2) is 15.9 Å². The standard InChI is InChI=1S/C14H12F2N2O2S/c15-9-5-6-13(11(17)7-9)21(20)8-14(19)18-12-4-2-1-3-10(12)16/h1-7H,8,17H2,(H,18,19). The second-order valence-electron chi connectivity index (χ2n) is 4.20. The maximum atomic E-state index is 13.4. The molecule has 3 N–H and O–H groups in total. The van der Waals surface area contributed by atoms with Gasteiger partial charge in [-0.05, 0) is 30.3 Å². The van der Waals surface area contributed by atoms with Gasteiger partial charge in [-0.15, -0.1) is 0 Å². The van der Waals surface area contributed by atoms with Crippen molar-refractivity contribution in [2.24, 2.45) is 0 Å². The second-order valence-corrected chi connectivity index (χ2v) is 5.62. The largest absolute Gasteiger partial charge is 0.398 e. The Morgan fingerprint density at radius 3 is 2.57 bits per heavy atom. The van der Waals surface area contributed by atoms with Crippen molar-refractivity contribution in [1.82, 2.24) is 0 Å². The Bertz CT molecular complexity index is 707. The molecule has 0 aromatic heterocycles. The van der Waals surface area contributed by atoms with Crippen molar-refractivity contribution in [3.8, 4) is 0 Å². The number of hydrogen-bond donors (Lipinski definition) is 2. The van der Waals surface area contributed by atoms with Crippen molar-refractivity contribution in [1.29, 1.82) is 0 Å². The molecule has 2 aromatic rings. The van der Waals surface area contributed by atoms with Crippen LogP contribution in [0.2, 0.25) is 0 Å². The van der Waals surface area contributed by atoms with E-state index in [4.69, 9.17) is 5.73 Å². The molecule has 0 bridgehead atoms. The smallest absolute Gasteiger partial charge is 0.237 e. The molecule has 2 aromatic carbocycles. The van der Waals surface area contributed by atoms with Gasteiger partial charge in [-0.3, -0.25) is 9.00 Å². The van der Waals surface area contributed by atoms with E-state index in [0.29, 0.717) is 0 Å². The van der Waals surface area contributed by atoms with Crippen molar-refractivity contribution < 1.29 is 17.8 Å². The first kappa shape index (κ1) is 15.1. The molecule has 4 nitrogen and oxygen atoms in total. The molecule has 0 saturated heterocycles. The fourth-order valence-electron chi connectivity index (χ4n) is 1.67. The molecule has 0 fully saturated rings. The predicted octanol–water partition coefficient (Wildman–Crippen LogP) is 2.29. The Labute approximate surface area is 122 Å². The summed E-state index contributed by atoms with van der Waals surface area (Å²) < 4.78 is 38.3. The van der Waals surface area contributed by atoms with Crippen LogP contribution in [0.25, 0.3) is 0 Å². The molecule has 1 amide bonds. The van der Waals surface area contributed by atoms with Gasteiger partial charge in [0.15, 0.2) is 0 Å². The van der Waals surface area contributed by atoms with Crippen molar-refractivity contribution in [3.05, 3.63) is 54.1 Å². The Balaban J connectivity index is 2.06. The van der Waals surface area contributed by atoms with Crippen molar-refractivity contribution in [2.75, 3.05) is 16.8 Å². The molecule has 0 radical (unpaired) electrons. The van der Waals surface area contributed by atoms with Crippen LogP contribution in [0.1, 0.15) is 0 Å². The number of anilines is 2. The number of hydrogen-bond acceptors (Lipinski definition) is 3. The van der Waals surface area contributed by atoms with E-state index in [1.54, 1.807) is 6.07 Å². The van der Waals surface area contributed by atoms with E-state index in [1.807, 2.05) is 0 Å². The summed E-state index contributed by atoms with van der Waals surface area (Å²) in [7, 11) is -1.74. The highest BCUT2D eigenvalue weighted by Crippen LogP contribution is 2.18. The molecule has 0 aliphatic heterocycles. The fraction of sp³-hybridized carbons (Fsp3) is 0.0714. The van der Waals surface area contributed by atoms with Gasteiger partial charge in [0, 0.05) is 0 Å². The van der Waals surface area contributed by atoms with E-state index < -0.39 is 34.1 Å². The molecule has 2 rings (SSSR count). The summed E-state index contributed by atoms with van der Waals surface area (Å²) in [6.45, 7) is 0. The first-order valence-electron chi connectivity index (χ1n) is 5.95. The number of para-hydroxylation sites is 1. The highest BCUT2D eigenvalue weighted by atomic mass is 32.2. The monoisotopic (exact) mass is 310 g/mol. The molecule has 0 saturated carbocycles. The van der Waals surface area contributed by atoms with Crippen LogP contribution in [0.4, 0.5) is 20.2 Å². The number of nitrogen functional groups attached to an aromatic ring is 1. The second kappa shape index (κ2) is 6.45.